The Kier molecular flexibility index (Phi) is 5.63. The van der Waals surface area contributed by atoms with E-state index < -0.39 is 0 Å². The zero-order valence-corrected chi connectivity index (χ0v) is 9.12. The van der Waals surface area contributed by atoms with Crippen molar-refractivity contribution in [2.45, 2.75) is 57.4 Å². The summed E-state index contributed by atoms with van der Waals surface area (Å²) in [7, 11) is 0. The molecule has 0 aromatic heterocycles. The van der Waals surface area contributed by atoms with Crippen molar-refractivity contribution in [2.24, 2.45) is 0 Å². The van der Waals surface area contributed by atoms with Gasteiger partial charge in [-0.1, -0.05) is 25.7 Å². The Balaban J connectivity index is 0.000000461. The first-order chi connectivity index (χ1) is 6.97. The largest absolute Gasteiger partial charge is 0.300 e. The van der Waals surface area contributed by atoms with Crippen LogP contribution in [0.1, 0.15) is 51.4 Å². The zero-order valence-electron chi connectivity index (χ0n) is 9.12. The van der Waals surface area contributed by atoms with Crippen LogP contribution in [0, 0.1) is 11.8 Å². The molecule has 1 heterocycles. The van der Waals surface area contributed by atoms with Crippen LogP contribution in [0.4, 0.5) is 0 Å². The number of piperidine rings is 1. The first-order valence-electron chi connectivity index (χ1n) is 5.97. The Bertz CT molecular complexity index is 137. The number of hydrogen-bond acceptors (Lipinski definition) is 2. The van der Waals surface area contributed by atoms with Crippen molar-refractivity contribution in [3.63, 3.8) is 0 Å². The number of likely N-dealkylation sites (tertiary alicyclic amines) is 1. The number of nitrogens with zero attached hydrogens (tertiary/aromatic N) is 2. The molecule has 2 rings (SSSR count). The summed E-state index contributed by atoms with van der Waals surface area (Å²) in [6, 6.07) is 0.971. The summed E-state index contributed by atoms with van der Waals surface area (Å²) in [5.74, 6) is 0. The zero-order chi connectivity index (χ0) is 10.2. The van der Waals surface area contributed by atoms with E-state index in [-0.39, 0.29) is 0 Å². The Hall–Kier alpha value is -0.550. The van der Waals surface area contributed by atoms with Crippen molar-refractivity contribution in [3.05, 3.63) is 0 Å². The van der Waals surface area contributed by atoms with E-state index in [1.165, 1.54) is 64.5 Å². The molecule has 1 aliphatic carbocycles. The summed E-state index contributed by atoms with van der Waals surface area (Å²) < 4.78 is 0. The van der Waals surface area contributed by atoms with Crippen LogP contribution in [0.15, 0.2) is 0 Å². The molecule has 2 aliphatic rings. The van der Waals surface area contributed by atoms with Gasteiger partial charge in [-0.2, -0.15) is 0 Å². The maximum absolute atomic E-state index is 6.50. The van der Waals surface area contributed by atoms with E-state index >= 15 is 0 Å². The van der Waals surface area contributed by atoms with Gasteiger partial charge in [0, 0.05) is 12.6 Å². The van der Waals surface area contributed by atoms with Crippen molar-refractivity contribution in [1.82, 2.24) is 4.90 Å². The van der Waals surface area contributed by atoms with Crippen molar-refractivity contribution in [3.8, 4) is 6.57 Å². The minimum Gasteiger partial charge on any atom is -0.300 e. The Morgan fingerprint density at radius 3 is 1.86 bits per heavy atom. The van der Waals surface area contributed by atoms with Crippen LogP contribution in [0.2, 0.25) is 0 Å². The van der Waals surface area contributed by atoms with Crippen LogP contribution in [0.5, 0.6) is 0 Å². The molecule has 0 aromatic carbocycles. The van der Waals surface area contributed by atoms with Crippen LogP contribution in [0.25, 0.3) is 0 Å². The molecule has 2 fully saturated rings. The van der Waals surface area contributed by atoms with Crippen LogP contribution < -0.4 is 0 Å². The maximum Gasteiger partial charge on any atom is 0.0462 e. The molecule has 1 saturated carbocycles. The van der Waals surface area contributed by atoms with Gasteiger partial charge in [-0.05, 0) is 38.8 Å². The SMILES string of the molecule is C#N.C1CCC(N2CCCCC2)CC1. The third-order valence-electron chi connectivity index (χ3n) is 3.48. The predicted octanol–water partition coefficient (Wildman–Crippen LogP) is 2.94. The Morgan fingerprint density at radius 1 is 0.786 bits per heavy atom. The molecule has 0 radical (unpaired) electrons. The Morgan fingerprint density at radius 2 is 1.29 bits per heavy atom. The van der Waals surface area contributed by atoms with E-state index in [2.05, 4.69) is 11.5 Å². The quantitative estimate of drug-likeness (QED) is 0.641. The van der Waals surface area contributed by atoms with Crippen LogP contribution in [-0.2, 0) is 0 Å². The third kappa shape index (κ3) is 3.31. The van der Waals surface area contributed by atoms with Gasteiger partial charge in [0.1, 0.15) is 0 Å². The van der Waals surface area contributed by atoms with Gasteiger partial charge in [0.05, 0.1) is 0 Å². The third-order valence-corrected chi connectivity index (χ3v) is 3.48. The molecule has 14 heavy (non-hydrogen) atoms. The minimum absolute atomic E-state index is 0.971. The molecule has 0 amide bonds. The highest BCUT2D eigenvalue weighted by atomic mass is 15.2. The second kappa shape index (κ2) is 6.84. The molecule has 0 N–H and O–H groups in total. The molecule has 0 aromatic rings. The standard InChI is InChI=1S/C11H21N.CHN/c1-3-7-11(8-4-1)12-9-5-2-6-10-12;1-2/h11H,1-10H2;1H. The minimum atomic E-state index is 0.971. The normalized spacial score (nSPS) is 25.0. The molecule has 1 aliphatic heterocycles. The van der Waals surface area contributed by atoms with Crippen molar-refractivity contribution in [2.75, 3.05) is 13.1 Å². The lowest BCUT2D eigenvalue weighted by molar-refractivity contribution is 0.131. The van der Waals surface area contributed by atoms with Crippen molar-refractivity contribution >= 4 is 0 Å². The fraction of sp³-hybridized carbons (Fsp3) is 0.917. The summed E-state index contributed by atoms with van der Waals surface area (Å²) in [5, 5.41) is 6.50. The van der Waals surface area contributed by atoms with Crippen molar-refractivity contribution in [1.29, 1.82) is 5.26 Å². The summed E-state index contributed by atoms with van der Waals surface area (Å²) in [6.07, 6.45) is 11.8. The van der Waals surface area contributed by atoms with E-state index in [9.17, 15) is 0 Å². The summed E-state index contributed by atoms with van der Waals surface area (Å²) in [5.41, 5.74) is 0. The van der Waals surface area contributed by atoms with Gasteiger partial charge in [0.25, 0.3) is 0 Å². The molecule has 0 bridgehead atoms. The van der Waals surface area contributed by atoms with Gasteiger partial charge in [-0.3, -0.25) is 0 Å². The molecule has 0 spiro atoms. The first-order valence-corrected chi connectivity index (χ1v) is 5.97. The predicted molar refractivity (Wildman–Crippen MR) is 59.0 cm³/mol. The lowest BCUT2D eigenvalue weighted by atomic mass is 9.93. The van der Waals surface area contributed by atoms with Crippen LogP contribution in [-0.4, -0.2) is 24.0 Å². The van der Waals surface area contributed by atoms with Gasteiger partial charge in [0.15, 0.2) is 0 Å². The van der Waals surface area contributed by atoms with Gasteiger partial charge < -0.3 is 4.90 Å². The average Bonchev–Trinajstić information content (AvgIpc) is 2.34. The first kappa shape index (κ1) is 11.5. The molecular weight excluding hydrogens is 172 g/mol. The monoisotopic (exact) mass is 194 g/mol. The average molecular weight is 194 g/mol. The lowest BCUT2D eigenvalue weighted by Crippen LogP contribution is -2.40. The summed E-state index contributed by atoms with van der Waals surface area (Å²) in [6.45, 7) is 6.29. The fourth-order valence-corrected chi connectivity index (χ4v) is 2.73. The second-order valence-corrected chi connectivity index (χ2v) is 4.39. The highest BCUT2D eigenvalue weighted by Crippen LogP contribution is 2.24. The van der Waals surface area contributed by atoms with E-state index in [1.54, 1.807) is 0 Å². The molecule has 80 valence electrons. The van der Waals surface area contributed by atoms with Gasteiger partial charge in [-0.25, -0.2) is 5.26 Å². The number of rotatable bonds is 1. The van der Waals surface area contributed by atoms with E-state index in [0.717, 1.165) is 6.04 Å². The molecule has 2 nitrogen and oxygen atoms in total. The summed E-state index contributed by atoms with van der Waals surface area (Å²) in [4.78, 5) is 2.75. The highest BCUT2D eigenvalue weighted by molar-refractivity contribution is 4.77. The number of hydrogen-bond donors (Lipinski definition) is 0. The van der Waals surface area contributed by atoms with Crippen molar-refractivity contribution < 1.29 is 0 Å². The maximum atomic E-state index is 6.50. The molecule has 2 heteroatoms. The van der Waals surface area contributed by atoms with E-state index in [4.69, 9.17) is 5.26 Å². The van der Waals surface area contributed by atoms with Gasteiger partial charge in [0.2, 0.25) is 0 Å². The van der Waals surface area contributed by atoms with Crippen LogP contribution in [0.3, 0.4) is 0 Å². The van der Waals surface area contributed by atoms with Gasteiger partial charge in [-0.15, -0.1) is 0 Å². The van der Waals surface area contributed by atoms with Gasteiger partial charge >= 0.3 is 0 Å². The topological polar surface area (TPSA) is 27.0 Å². The Labute approximate surface area is 87.9 Å². The highest BCUT2D eigenvalue weighted by Gasteiger charge is 2.21. The van der Waals surface area contributed by atoms with E-state index in [0.29, 0.717) is 0 Å². The molecule has 0 unspecified atom stereocenters. The second-order valence-electron chi connectivity index (χ2n) is 4.39. The molecule has 1 saturated heterocycles. The fourth-order valence-electron chi connectivity index (χ4n) is 2.73. The summed E-state index contributed by atoms with van der Waals surface area (Å²) >= 11 is 0. The molecule has 0 atom stereocenters. The lowest BCUT2D eigenvalue weighted by Gasteiger charge is -2.36. The molecular formula is C12H22N2. The number of nitriles is 1. The van der Waals surface area contributed by atoms with E-state index in [1.807, 2.05) is 0 Å². The van der Waals surface area contributed by atoms with Crippen LogP contribution >= 0.6 is 0 Å². The smallest absolute Gasteiger partial charge is 0.0462 e.